The number of ether oxygens (including phenoxy) is 1. The number of para-hydroxylation sites is 1. The van der Waals surface area contributed by atoms with Gasteiger partial charge in [0.15, 0.2) is 5.96 Å². The van der Waals surface area contributed by atoms with E-state index >= 15 is 0 Å². The zero-order valence-corrected chi connectivity index (χ0v) is 15.7. The third-order valence-corrected chi connectivity index (χ3v) is 3.48. The van der Waals surface area contributed by atoms with E-state index in [1.807, 2.05) is 13.0 Å². The molecule has 0 amide bonds. The molecule has 0 fully saturated rings. The third-order valence-electron chi connectivity index (χ3n) is 3.48. The number of benzene rings is 1. The quantitative estimate of drug-likeness (QED) is 0.385. The molecule has 0 spiro atoms. The van der Waals surface area contributed by atoms with E-state index in [9.17, 15) is 0 Å². The average Bonchev–Trinajstić information content (AvgIpc) is 2.75. The van der Waals surface area contributed by atoms with Crippen LogP contribution in [-0.4, -0.2) is 37.2 Å². The van der Waals surface area contributed by atoms with Crippen LogP contribution in [0.4, 0.5) is 0 Å². The molecule has 2 rings (SSSR count). The van der Waals surface area contributed by atoms with E-state index < -0.39 is 0 Å². The van der Waals surface area contributed by atoms with Crippen molar-refractivity contribution in [2.45, 2.75) is 26.3 Å². The summed E-state index contributed by atoms with van der Waals surface area (Å²) in [4.78, 5) is 7.79. The summed E-state index contributed by atoms with van der Waals surface area (Å²) < 4.78 is 5.05. The molecular weight excluding hydrogens is 391 g/mol. The Morgan fingerprint density at radius 2 is 2.14 bits per heavy atom. The van der Waals surface area contributed by atoms with E-state index in [2.05, 4.69) is 40.4 Å². The highest BCUT2D eigenvalue weighted by molar-refractivity contribution is 14.0. The Balaban J connectivity index is 0.00000242. The zero-order valence-electron chi connectivity index (χ0n) is 13.3. The number of guanidine groups is 1. The Labute approximate surface area is 148 Å². The van der Waals surface area contributed by atoms with Gasteiger partial charge in [-0.15, -0.1) is 24.0 Å². The lowest BCUT2D eigenvalue weighted by Crippen LogP contribution is -2.40. The van der Waals surface area contributed by atoms with Crippen LogP contribution < -0.4 is 11.1 Å². The van der Waals surface area contributed by atoms with Crippen molar-refractivity contribution in [1.82, 2.24) is 10.3 Å². The molecule has 1 unspecified atom stereocenters. The van der Waals surface area contributed by atoms with Gasteiger partial charge in [0.05, 0.1) is 6.61 Å². The largest absolute Gasteiger partial charge is 0.383 e. The number of nitrogens with one attached hydrogen (secondary N) is 2. The minimum Gasteiger partial charge on any atom is -0.383 e. The van der Waals surface area contributed by atoms with Gasteiger partial charge in [0.1, 0.15) is 0 Å². The van der Waals surface area contributed by atoms with Crippen LogP contribution in [0.5, 0.6) is 0 Å². The fraction of sp³-hybridized carbons (Fsp3) is 0.438. The minimum absolute atomic E-state index is 0. The van der Waals surface area contributed by atoms with Crippen molar-refractivity contribution in [3.63, 3.8) is 0 Å². The monoisotopic (exact) mass is 416 g/mol. The third kappa shape index (κ3) is 4.88. The predicted octanol–water partition coefficient (Wildman–Crippen LogP) is 2.58. The van der Waals surface area contributed by atoms with Crippen molar-refractivity contribution in [1.29, 1.82) is 0 Å². The van der Waals surface area contributed by atoms with Crippen molar-refractivity contribution in [2.75, 3.05) is 20.3 Å². The van der Waals surface area contributed by atoms with Crippen LogP contribution in [0.3, 0.4) is 0 Å². The summed E-state index contributed by atoms with van der Waals surface area (Å²) in [6.07, 6.45) is 0.872. The number of aliphatic imine (C=N–C) groups is 1. The maximum atomic E-state index is 5.87. The fourth-order valence-corrected chi connectivity index (χ4v) is 2.53. The van der Waals surface area contributed by atoms with Crippen LogP contribution in [0, 0.1) is 6.92 Å². The molecule has 6 heteroatoms. The number of methoxy groups -OCH3 is 1. The molecule has 5 nitrogen and oxygen atoms in total. The van der Waals surface area contributed by atoms with Gasteiger partial charge in [-0.1, -0.05) is 18.2 Å². The Hall–Kier alpha value is -1.28. The topological polar surface area (TPSA) is 75.4 Å². The second-order valence-corrected chi connectivity index (χ2v) is 5.29. The van der Waals surface area contributed by atoms with Crippen LogP contribution in [0.1, 0.15) is 18.2 Å². The normalized spacial score (nSPS) is 13.0. The number of aromatic nitrogens is 1. The predicted molar refractivity (Wildman–Crippen MR) is 103 cm³/mol. The number of H-pyrrole nitrogens is 1. The number of rotatable bonds is 6. The molecule has 0 radical (unpaired) electrons. The van der Waals surface area contributed by atoms with Crippen LogP contribution in [-0.2, 0) is 11.2 Å². The summed E-state index contributed by atoms with van der Waals surface area (Å²) >= 11 is 0. The molecule has 0 aliphatic carbocycles. The Bertz CT molecular complexity index is 624. The molecule has 1 aromatic heterocycles. The summed E-state index contributed by atoms with van der Waals surface area (Å²) in [7, 11) is 1.67. The number of hydrogen-bond acceptors (Lipinski definition) is 2. The maximum absolute atomic E-state index is 5.87. The first kappa shape index (κ1) is 18.8. The zero-order chi connectivity index (χ0) is 15.2. The van der Waals surface area contributed by atoms with Gasteiger partial charge in [0, 0.05) is 36.3 Å². The SMILES string of the molecule is COCC(C)NC(N)=NCCc1c(C)[nH]c2ccccc12.I. The summed E-state index contributed by atoms with van der Waals surface area (Å²) in [5.74, 6) is 0.469. The first-order valence-corrected chi connectivity index (χ1v) is 7.23. The molecule has 0 saturated heterocycles. The smallest absolute Gasteiger partial charge is 0.188 e. The summed E-state index contributed by atoms with van der Waals surface area (Å²) in [5, 5.41) is 4.38. The van der Waals surface area contributed by atoms with Crippen molar-refractivity contribution in [3.8, 4) is 0 Å². The summed E-state index contributed by atoms with van der Waals surface area (Å²) in [6, 6.07) is 8.50. The molecule has 122 valence electrons. The fourth-order valence-electron chi connectivity index (χ4n) is 2.53. The molecule has 1 aromatic carbocycles. The van der Waals surface area contributed by atoms with Crippen molar-refractivity contribution >= 4 is 40.8 Å². The van der Waals surface area contributed by atoms with Gasteiger partial charge < -0.3 is 20.8 Å². The van der Waals surface area contributed by atoms with E-state index in [1.54, 1.807) is 7.11 Å². The Morgan fingerprint density at radius 1 is 1.41 bits per heavy atom. The number of aromatic amines is 1. The number of aryl methyl sites for hydroxylation is 1. The highest BCUT2D eigenvalue weighted by atomic mass is 127. The van der Waals surface area contributed by atoms with Crippen molar-refractivity contribution in [3.05, 3.63) is 35.5 Å². The van der Waals surface area contributed by atoms with Crippen molar-refractivity contribution < 1.29 is 4.74 Å². The van der Waals surface area contributed by atoms with Crippen LogP contribution in [0.2, 0.25) is 0 Å². The van der Waals surface area contributed by atoms with E-state index in [1.165, 1.54) is 22.2 Å². The van der Waals surface area contributed by atoms with Gasteiger partial charge >= 0.3 is 0 Å². The lowest BCUT2D eigenvalue weighted by atomic mass is 10.1. The molecule has 1 atom stereocenters. The minimum atomic E-state index is 0. The van der Waals surface area contributed by atoms with Gasteiger partial charge in [-0.05, 0) is 31.9 Å². The van der Waals surface area contributed by atoms with Gasteiger partial charge in [-0.3, -0.25) is 4.99 Å². The van der Waals surface area contributed by atoms with E-state index in [0.717, 1.165) is 6.42 Å². The van der Waals surface area contributed by atoms with Gasteiger partial charge in [-0.2, -0.15) is 0 Å². The highest BCUT2D eigenvalue weighted by Crippen LogP contribution is 2.22. The molecular formula is C16H25IN4O. The van der Waals surface area contributed by atoms with E-state index in [4.69, 9.17) is 10.5 Å². The standard InChI is InChI=1S/C16H24N4O.HI/c1-11(10-21-3)19-16(17)18-9-8-13-12(2)20-15-7-5-4-6-14(13)15;/h4-7,11,20H,8-10H2,1-3H3,(H3,17,18,19);1H. The first-order chi connectivity index (χ1) is 10.1. The van der Waals surface area contributed by atoms with Crippen LogP contribution in [0.25, 0.3) is 10.9 Å². The molecule has 1 heterocycles. The molecule has 0 saturated carbocycles. The van der Waals surface area contributed by atoms with E-state index in [-0.39, 0.29) is 30.0 Å². The second kappa shape index (κ2) is 8.99. The van der Waals surface area contributed by atoms with Gasteiger partial charge in [-0.25, -0.2) is 0 Å². The molecule has 0 aliphatic rings. The molecule has 4 N–H and O–H groups in total. The number of halogens is 1. The number of fused-ring (bicyclic) bond motifs is 1. The molecule has 0 bridgehead atoms. The lowest BCUT2D eigenvalue weighted by molar-refractivity contribution is 0.179. The number of hydrogen-bond donors (Lipinski definition) is 3. The van der Waals surface area contributed by atoms with Gasteiger partial charge in [0.25, 0.3) is 0 Å². The second-order valence-electron chi connectivity index (χ2n) is 5.29. The molecule has 0 aliphatic heterocycles. The first-order valence-electron chi connectivity index (χ1n) is 7.23. The molecule has 22 heavy (non-hydrogen) atoms. The van der Waals surface area contributed by atoms with Crippen LogP contribution >= 0.6 is 24.0 Å². The molecule has 2 aromatic rings. The Morgan fingerprint density at radius 3 is 2.86 bits per heavy atom. The maximum Gasteiger partial charge on any atom is 0.188 e. The highest BCUT2D eigenvalue weighted by Gasteiger charge is 2.07. The number of nitrogens with two attached hydrogens (primary N) is 1. The van der Waals surface area contributed by atoms with Crippen LogP contribution in [0.15, 0.2) is 29.3 Å². The van der Waals surface area contributed by atoms with E-state index in [0.29, 0.717) is 19.1 Å². The lowest BCUT2D eigenvalue weighted by Gasteiger charge is -2.13. The summed E-state index contributed by atoms with van der Waals surface area (Å²) in [6.45, 7) is 5.38. The van der Waals surface area contributed by atoms with Gasteiger partial charge in [0.2, 0.25) is 0 Å². The Kier molecular flexibility index (Phi) is 7.67. The van der Waals surface area contributed by atoms with Crippen molar-refractivity contribution in [2.24, 2.45) is 10.7 Å². The average molecular weight is 416 g/mol. The number of nitrogens with zero attached hydrogens (tertiary/aromatic N) is 1. The summed E-state index contributed by atoms with van der Waals surface area (Å²) in [5.41, 5.74) is 9.56.